The van der Waals surface area contributed by atoms with Crippen molar-refractivity contribution in [1.82, 2.24) is 0 Å². The number of non-ortho nitro benzene ring substituents is 1. The van der Waals surface area contributed by atoms with Gasteiger partial charge in [-0.05, 0) is 48.2 Å². The summed E-state index contributed by atoms with van der Waals surface area (Å²) in [7, 11) is 0. The summed E-state index contributed by atoms with van der Waals surface area (Å²) in [5, 5.41) is 21.8. The van der Waals surface area contributed by atoms with Crippen molar-refractivity contribution in [3.8, 4) is 5.75 Å². The van der Waals surface area contributed by atoms with E-state index < -0.39 is 23.3 Å². The average molecular weight is 409 g/mol. The standard InChI is InChI=1S/C21H22F3NO4/c1-3-4-10-19(18-12-11-16(25(27)28)13-15(18)2)20(26,21(22,23)24)14-29-17-8-6-5-7-9-17/h5-13,26H,3-4,14H2,1-2H3/b19-10+. The van der Waals surface area contributed by atoms with Crippen LogP contribution >= 0.6 is 0 Å². The number of hydrogen-bond acceptors (Lipinski definition) is 4. The van der Waals surface area contributed by atoms with E-state index in [2.05, 4.69) is 0 Å². The van der Waals surface area contributed by atoms with Gasteiger partial charge in [0.25, 0.3) is 5.69 Å². The van der Waals surface area contributed by atoms with E-state index >= 15 is 0 Å². The maximum Gasteiger partial charge on any atom is 0.424 e. The number of aliphatic hydroxyl groups is 1. The van der Waals surface area contributed by atoms with Crippen molar-refractivity contribution in [3.63, 3.8) is 0 Å². The fourth-order valence-corrected chi connectivity index (χ4v) is 2.87. The van der Waals surface area contributed by atoms with Crippen LogP contribution in [0.4, 0.5) is 18.9 Å². The zero-order valence-corrected chi connectivity index (χ0v) is 16.1. The van der Waals surface area contributed by atoms with Gasteiger partial charge in [0, 0.05) is 12.1 Å². The van der Waals surface area contributed by atoms with E-state index in [4.69, 9.17) is 4.74 Å². The first-order valence-electron chi connectivity index (χ1n) is 9.03. The van der Waals surface area contributed by atoms with E-state index in [-0.39, 0.29) is 34.6 Å². The summed E-state index contributed by atoms with van der Waals surface area (Å²) < 4.78 is 47.4. The lowest BCUT2D eigenvalue weighted by Gasteiger charge is -2.33. The van der Waals surface area contributed by atoms with Crippen LogP contribution in [0.2, 0.25) is 0 Å². The maximum absolute atomic E-state index is 14.0. The Morgan fingerprint density at radius 1 is 1.21 bits per heavy atom. The van der Waals surface area contributed by atoms with Crippen LogP contribution in [0.1, 0.15) is 30.9 Å². The summed E-state index contributed by atoms with van der Waals surface area (Å²) in [5.74, 6) is 0.186. The third kappa shape index (κ3) is 5.14. The molecule has 0 saturated heterocycles. The maximum atomic E-state index is 14.0. The molecule has 0 aliphatic heterocycles. The van der Waals surface area contributed by atoms with Crippen molar-refractivity contribution in [3.05, 3.63) is 75.8 Å². The van der Waals surface area contributed by atoms with Crippen molar-refractivity contribution in [2.45, 2.75) is 38.5 Å². The number of nitro benzene ring substituents is 1. The Kier molecular flexibility index (Phi) is 7.02. The van der Waals surface area contributed by atoms with Gasteiger partial charge in [-0.1, -0.05) is 37.6 Å². The Hall–Kier alpha value is -2.87. The van der Waals surface area contributed by atoms with Crippen molar-refractivity contribution < 1.29 is 27.9 Å². The number of benzene rings is 2. The van der Waals surface area contributed by atoms with Gasteiger partial charge < -0.3 is 9.84 Å². The highest BCUT2D eigenvalue weighted by molar-refractivity contribution is 5.76. The zero-order valence-electron chi connectivity index (χ0n) is 16.1. The largest absolute Gasteiger partial charge is 0.490 e. The molecule has 29 heavy (non-hydrogen) atoms. The Labute approximate surface area is 166 Å². The molecule has 1 unspecified atom stereocenters. The van der Waals surface area contributed by atoms with Crippen LogP contribution in [0.5, 0.6) is 5.75 Å². The van der Waals surface area contributed by atoms with Gasteiger partial charge in [-0.25, -0.2) is 0 Å². The third-order valence-electron chi connectivity index (χ3n) is 4.45. The number of ether oxygens (including phenoxy) is 1. The molecule has 0 aromatic heterocycles. The van der Waals surface area contributed by atoms with Crippen LogP contribution in [0.25, 0.3) is 5.57 Å². The fourth-order valence-electron chi connectivity index (χ4n) is 2.87. The Bertz CT molecular complexity index is 881. The van der Waals surface area contributed by atoms with E-state index in [0.717, 1.165) is 6.07 Å². The van der Waals surface area contributed by atoms with E-state index in [9.17, 15) is 28.4 Å². The van der Waals surface area contributed by atoms with Gasteiger partial charge in [-0.3, -0.25) is 10.1 Å². The predicted molar refractivity (Wildman–Crippen MR) is 104 cm³/mol. The Balaban J connectivity index is 2.54. The van der Waals surface area contributed by atoms with Gasteiger partial charge >= 0.3 is 6.18 Å². The monoisotopic (exact) mass is 409 g/mol. The highest BCUT2D eigenvalue weighted by Crippen LogP contribution is 2.43. The van der Waals surface area contributed by atoms with Crippen LogP contribution in [-0.2, 0) is 0 Å². The van der Waals surface area contributed by atoms with Gasteiger partial charge in [-0.15, -0.1) is 0 Å². The molecule has 5 nitrogen and oxygen atoms in total. The molecule has 1 N–H and O–H groups in total. The number of alkyl halides is 3. The molecule has 0 spiro atoms. The fraction of sp³-hybridized carbons (Fsp3) is 0.333. The van der Waals surface area contributed by atoms with E-state index in [1.807, 2.05) is 0 Å². The minimum Gasteiger partial charge on any atom is -0.490 e. The zero-order chi connectivity index (χ0) is 21.7. The van der Waals surface area contributed by atoms with Crippen molar-refractivity contribution in [2.24, 2.45) is 0 Å². The van der Waals surface area contributed by atoms with Crippen LogP contribution in [0, 0.1) is 17.0 Å². The first-order chi connectivity index (χ1) is 13.6. The number of hydrogen-bond donors (Lipinski definition) is 1. The lowest BCUT2D eigenvalue weighted by molar-refractivity contribution is -0.384. The molecule has 156 valence electrons. The summed E-state index contributed by atoms with van der Waals surface area (Å²) in [6.45, 7) is 2.22. The Morgan fingerprint density at radius 3 is 2.38 bits per heavy atom. The number of nitro groups is 1. The third-order valence-corrected chi connectivity index (χ3v) is 4.45. The molecular weight excluding hydrogens is 387 g/mol. The lowest BCUT2D eigenvalue weighted by Crippen LogP contribution is -2.51. The van der Waals surface area contributed by atoms with Crippen molar-refractivity contribution in [1.29, 1.82) is 0 Å². The summed E-state index contributed by atoms with van der Waals surface area (Å²) >= 11 is 0. The van der Waals surface area contributed by atoms with E-state index in [1.54, 1.807) is 25.1 Å². The van der Waals surface area contributed by atoms with Crippen LogP contribution in [-0.4, -0.2) is 28.4 Å². The number of halogens is 3. The molecule has 0 aliphatic carbocycles. The second kappa shape index (κ2) is 9.09. The van der Waals surface area contributed by atoms with Crippen LogP contribution in [0.15, 0.2) is 54.6 Å². The number of aryl methyl sites for hydroxylation is 1. The highest BCUT2D eigenvalue weighted by atomic mass is 19.4. The van der Waals surface area contributed by atoms with Crippen molar-refractivity contribution in [2.75, 3.05) is 6.61 Å². The molecule has 2 aromatic rings. The second-order valence-corrected chi connectivity index (χ2v) is 6.62. The second-order valence-electron chi connectivity index (χ2n) is 6.62. The molecule has 1 atom stereocenters. The van der Waals surface area contributed by atoms with Gasteiger partial charge in [-0.2, -0.15) is 13.2 Å². The van der Waals surface area contributed by atoms with Gasteiger partial charge in [0.1, 0.15) is 12.4 Å². The van der Waals surface area contributed by atoms with E-state index in [1.165, 1.54) is 37.3 Å². The molecule has 0 heterocycles. The minimum absolute atomic E-state index is 0.0838. The highest BCUT2D eigenvalue weighted by Gasteiger charge is 2.57. The molecule has 2 aromatic carbocycles. The number of nitrogens with zero attached hydrogens (tertiary/aromatic N) is 1. The summed E-state index contributed by atoms with van der Waals surface area (Å²) in [5.41, 5.74) is -3.57. The Morgan fingerprint density at radius 2 is 1.86 bits per heavy atom. The molecule has 0 aliphatic rings. The number of para-hydroxylation sites is 1. The molecule has 0 fully saturated rings. The molecule has 0 saturated carbocycles. The van der Waals surface area contributed by atoms with Gasteiger partial charge in [0.15, 0.2) is 0 Å². The summed E-state index contributed by atoms with van der Waals surface area (Å²) in [6, 6.07) is 11.4. The number of unbranched alkanes of at least 4 members (excludes halogenated alkanes) is 1. The van der Waals surface area contributed by atoms with Gasteiger partial charge in [0.2, 0.25) is 5.60 Å². The summed E-state index contributed by atoms with van der Waals surface area (Å²) in [6.07, 6.45) is -2.87. The first kappa shape index (κ1) is 22.4. The first-order valence-corrected chi connectivity index (χ1v) is 9.03. The normalized spacial score (nSPS) is 14.3. The number of allylic oxidation sites excluding steroid dienone is 1. The van der Waals surface area contributed by atoms with Crippen LogP contribution in [0.3, 0.4) is 0 Å². The average Bonchev–Trinajstić information content (AvgIpc) is 2.67. The quantitative estimate of drug-likeness (QED) is 0.464. The molecule has 0 radical (unpaired) electrons. The van der Waals surface area contributed by atoms with Gasteiger partial charge in [0.05, 0.1) is 4.92 Å². The van der Waals surface area contributed by atoms with E-state index in [0.29, 0.717) is 6.42 Å². The number of rotatable bonds is 8. The van der Waals surface area contributed by atoms with Crippen LogP contribution < -0.4 is 4.74 Å². The minimum atomic E-state index is -5.03. The molecule has 2 rings (SSSR count). The van der Waals surface area contributed by atoms with Crippen molar-refractivity contribution >= 4 is 11.3 Å². The molecular formula is C21H22F3NO4. The topological polar surface area (TPSA) is 72.6 Å². The smallest absolute Gasteiger partial charge is 0.424 e. The SMILES string of the molecule is CCC/C=C(\c1ccc([N+](=O)[O-])cc1C)C(O)(COc1ccccc1)C(F)(F)F. The molecule has 0 bridgehead atoms. The predicted octanol–water partition coefficient (Wildman–Crippen LogP) is 5.46. The lowest BCUT2D eigenvalue weighted by atomic mass is 9.84. The summed E-state index contributed by atoms with van der Waals surface area (Å²) in [4.78, 5) is 10.3. The molecule has 8 heteroatoms. The molecule has 0 amide bonds.